The molecule has 14 nitrogen and oxygen atoms in total. The van der Waals surface area contributed by atoms with Crippen molar-refractivity contribution in [2.75, 3.05) is 0 Å². The number of pyridine rings is 2. The lowest BCUT2D eigenvalue weighted by molar-refractivity contribution is -0.145. The molecule has 2 aliphatic rings. The maximum Gasteiger partial charge on any atom is 0.408 e. The minimum atomic E-state index is -0.744. The zero-order valence-corrected chi connectivity index (χ0v) is 40.1. The molecule has 65 heavy (non-hydrogen) atoms. The van der Waals surface area contributed by atoms with E-state index in [0.29, 0.717) is 64.3 Å². The van der Waals surface area contributed by atoms with Crippen LogP contribution in [-0.4, -0.2) is 69.1 Å². The summed E-state index contributed by atoms with van der Waals surface area (Å²) in [4.78, 5) is 76.8. The van der Waals surface area contributed by atoms with Gasteiger partial charge in [0, 0.05) is 40.9 Å². The molecule has 6 rings (SSSR count). The summed E-state index contributed by atoms with van der Waals surface area (Å²) in [5.41, 5.74) is 1.69. The Hall–Kier alpha value is -5.96. The highest BCUT2D eigenvalue weighted by molar-refractivity contribution is 9.10. The Morgan fingerprint density at radius 2 is 1.09 bits per heavy atom. The van der Waals surface area contributed by atoms with E-state index in [1.807, 2.05) is 128 Å². The van der Waals surface area contributed by atoms with E-state index in [2.05, 4.69) is 38.1 Å². The number of rotatable bonds is 11. The minimum Gasteiger partial charge on any atom is -0.457 e. The lowest BCUT2D eigenvalue weighted by Crippen LogP contribution is -2.35. The molecule has 4 aromatic rings. The smallest absolute Gasteiger partial charge is 0.408 e. The molecule has 0 unspecified atom stereocenters. The van der Waals surface area contributed by atoms with E-state index in [1.165, 1.54) is 0 Å². The molecule has 2 fully saturated rings. The summed E-state index contributed by atoms with van der Waals surface area (Å²) in [6.07, 6.45) is 8.38. The van der Waals surface area contributed by atoms with Crippen LogP contribution < -0.4 is 10.6 Å². The first-order valence-electron chi connectivity index (χ1n) is 21.6. The summed E-state index contributed by atoms with van der Waals surface area (Å²) in [5, 5.41) is 7.64. The molecule has 0 aliphatic heterocycles. The predicted molar refractivity (Wildman–Crippen MR) is 253 cm³/mol. The Kier molecular flexibility index (Phi) is 18.1. The Morgan fingerprint density at radius 3 is 1.54 bits per heavy atom. The zero-order valence-electron chi connectivity index (χ0n) is 38.5. The van der Waals surface area contributed by atoms with Crippen LogP contribution in [0.5, 0.6) is 0 Å². The van der Waals surface area contributed by atoms with Gasteiger partial charge in [-0.15, -0.1) is 0 Å². The van der Waals surface area contributed by atoms with Crippen LogP contribution in [0.4, 0.5) is 9.59 Å². The van der Waals surface area contributed by atoms with Gasteiger partial charge in [0.15, 0.2) is 0 Å². The Balaban J connectivity index is 0.000000239. The standard InChI is InChI=1S/C25H30N2O5.C16H19BrN2O2.C9H12O3/c1-17(26-23(30)32-24(2,3)4)21-8-7-19-6-5-18(15-22(19)27-21)9-12-25(31-16-28)13-10-20(29)11-14-25;1-10(18-15(20)21-16(2,3)4)13-8-6-11-5-7-12(17)9-14(11)19-13;1-2-9(12-7-10)5-3-8(11)4-6-9/h5-9,12,15-17H,10-11,13-14H2,1-4H3,(H,26,30);5-10H,1-4H3,(H,18,20);2,7H,1,3-6H2/b12-9+;;/t17-;10-;/m11./s1. The first-order chi connectivity index (χ1) is 30.6. The van der Waals surface area contributed by atoms with Crippen molar-refractivity contribution in [3.63, 3.8) is 0 Å². The Bertz CT molecular complexity index is 2370. The van der Waals surface area contributed by atoms with Gasteiger partial charge in [-0.1, -0.05) is 58.9 Å². The fourth-order valence-corrected chi connectivity index (χ4v) is 7.35. The summed E-state index contributed by atoms with van der Waals surface area (Å²) in [6.45, 7) is 19.2. The van der Waals surface area contributed by atoms with Crippen molar-refractivity contribution >= 4 is 80.5 Å². The van der Waals surface area contributed by atoms with E-state index in [4.69, 9.17) is 23.9 Å². The maximum atomic E-state index is 12.1. The summed E-state index contributed by atoms with van der Waals surface area (Å²) < 4.78 is 21.8. The maximum absolute atomic E-state index is 12.1. The number of carbonyl (C=O) groups is 6. The number of hydrogen-bond donors (Lipinski definition) is 2. The second kappa shape index (κ2) is 22.8. The second-order valence-corrected chi connectivity index (χ2v) is 19.1. The molecular formula is C50H61BrN4O10. The van der Waals surface area contributed by atoms with Crippen molar-refractivity contribution in [2.45, 2.75) is 141 Å². The quantitative estimate of drug-likeness (QED) is 0.0823. The van der Waals surface area contributed by atoms with Crippen molar-refractivity contribution in [3.05, 3.63) is 101 Å². The molecule has 2 aromatic carbocycles. The average molecular weight is 958 g/mol. The number of nitrogens with one attached hydrogen (secondary N) is 2. The van der Waals surface area contributed by atoms with Gasteiger partial charge in [-0.2, -0.15) is 0 Å². The van der Waals surface area contributed by atoms with Gasteiger partial charge in [-0.3, -0.25) is 29.1 Å². The molecule has 0 bridgehead atoms. The molecule has 2 heterocycles. The van der Waals surface area contributed by atoms with Crippen molar-refractivity contribution in [2.24, 2.45) is 0 Å². The third kappa shape index (κ3) is 16.5. The summed E-state index contributed by atoms with van der Waals surface area (Å²) in [6, 6.07) is 19.0. The van der Waals surface area contributed by atoms with E-state index in [-0.39, 0.29) is 23.7 Å². The number of benzene rings is 2. The lowest BCUT2D eigenvalue weighted by atomic mass is 9.83. The van der Waals surface area contributed by atoms with Crippen LogP contribution in [0.2, 0.25) is 0 Å². The number of nitrogens with zero attached hydrogens (tertiary/aromatic N) is 2. The van der Waals surface area contributed by atoms with Gasteiger partial charge in [0.2, 0.25) is 0 Å². The van der Waals surface area contributed by atoms with Gasteiger partial charge in [0.05, 0.1) is 34.5 Å². The van der Waals surface area contributed by atoms with Crippen LogP contribution in [0.3, 0.4) is 0 Å². The molecule has 2 atom stereocenters. The van der Waals surface area contributed by atoms with E-state index in [0.717, 1.165) is 43.2 Å². The van der Waals surface area contributed by atoms with Gasteiger partial charge < -0.3 is 29.6 Å². The number of ketones is 2. The topological polar surface area (TPSA) is 189 Å². The van der Waals surface area contributed by atoms with Crippen molar-refractivity contribution in [1.29, 1.82) is 0 Å². The Morgan fingerprint density at radius 1 is 0.677 bits per heavy atom. The molecule has 0 saturated heterocycles. The Labute approximate surface area is 389 Å². The fraction of sp³-hybridized carbons (Fsp3) is 0.440. The number of alkyl carbamates (subject to hydrolysis) is 2. The van der Waals surface area contributed by atoms with Gasteiger partial charge in [0.25, 0.3) is 12.9 Å². The number of fused-ring (bicyclic) bond motifs is 2. The zero-order chi connectivity index (χ0) is 48.0. The molecule has 2 amide bonds. The van der Waals surface area contributed by atoms with Crippen molar-refractivity contribution in [3.8, 4) is 0 Å². The largest absolute Gasteiger partial charge is 0.457 e. The van der Waals surface area contributed by atoms with Crippen LogP contribution in [0.1, 0.15) is 136 Å². The third-order valence-electron chi connectivity index (χ3n) is 10.6. The fourth-order valence-electron chi connectivity index (χ4n) is 7.00. The van der Waals surface area contributed by atoms with E-state index >= 15 is 0 Å². The summed E-state index contributed by atoms with van der Waals surface area (Å²) >= 11 is 3.44. The number of Topliss-reactive ketones (excluding diaryl/α,β-unsaturated/α-hetero) is 2. The molecule has 2 aromatic heterocycles. The van der Waals surface area contributed by atoms with Crippen molar-refractivity contribution < 1.29 is 47.7 Å². The molecule has 0 radical (unpaired) electrons. The van der Waals surface area contributed by atoms with Gasteiger partial charge >= 0.3 is 12.2 Å². The summed E-state index contributed by atoms with van der Waals surface area (Å²) in [7, 11) is 0. The SMILES string of the molecule is C=CC1(OC=O)CCC(=O)CC1.C[C@@H](NC(=O)OC(C)(C)C)c1ccc2ccc(/C=C/C3(OC=O)CCC(=O)CC3)cc2n1.C[C@@H](NC(=O)OC(C)(C)C)c1ccc2ccc(Br)cc2n1. The first kappa shape index (κ1) is 51.7. The number of carbonyl (C=O) groups excluding carboxylic acids is 6. The number of halogens is 1. The van der Waals surface area contributed by atoms with Crippen LogP contribution >= 0.6 is 15.9 Å². The number of aromatic nitrogens is 2. The van der Waals surface area contributed by atoms with Gasteiger partial charge in [-0.05, 0) is 129 Å². The van der Waals surface area contributed by atoms with Gasteiger partial charge in [0.1, 0.15) is 34.0 Å². The molecule has 15 heteroatoms. The van der Waals surface area contributed by atoms with E-state index < -0.39 is 34.6 Å². The predicted octanol–water partition coefficient (Wildman–Crippen LogP) is 10.7. The van der Waals surface area contributed by atoms with Gasteiger partial charge in [-0.25, -0.2) is 9.59 Å². The van der Waals surface area contributed by atoms with Crippen LogP contribution in [0.15, 0.2) is 83.9 Å². The number of hydrogen-bond acceptors (Lipinski definition) is 12. The second-order valence-electron chi connectivity index (χ2n) is 18.2. The third-order valence-corrected chi connectivity index (χ3v) is 11.1. The highest BCUT2D eigenvalue weighted by Gasteiger charge is 2.35. The highest BCUT2D eigenvalue weighted by atomic mass is 79.9. The molecule has 2 N–H and O–H groups in total. The first-order valence-corrected chi connectivity index (χ1v) is 22.4. The molecular weight excluding hydrogens is 896 g/mol. The lowest BCUT2D eigenvalue weighted by Gasteiger charge is -2.32. The average Bonchev–Trinajstić information content (AvgIpc) is 3.23. The summed E-state index contributed by atoms with van der Waals surface area (Å²) in [5.74, 6) is 0.432. The molecule has 2 aliphatic carbocycles. The molecule has 0 spiro atoms. The number of amides is 2. The monoisotopic (exact) mass is 956 g/mol. The highest BCUT2D eigenvalue weighted by Crippen LogP contribution is 2.33. The molecule has 2 saturated carbocycles. The molecule has 348 valence electrons. The van der Waals surface area contributed by atoms with Crippen LogP contribution in [0.25, 0.3) is 27.9 Å². The number of ether oxygens (including phenoxy) is 4. The van der Waals surface area contributed by atoms with E-state index in [9.17, 15) is 28.8 Å². The van der Waals surface area contributed by atoms with Crippen molar-refractivity contribution in [1.82, 2.24) is 20.6 Å². The van der Waals surface area contributed by atoms with E-state index in [1.54, 1.807) is 6.08 Å². The normalized spacial score (nSPS) is 16.6. The van der Waals surface area contributed by atoms with Crippen LogP contribution in [-0.2, 0) is 38.1 Å². The van der Waals surface area contributed by atoms with Crippen LogP contribution in [0, 0.1) is 0 Å². The minimum absolute atomic E-state index is 0.195.